The number of nitrogens with zero attached hydrogens (tertiary/aromatic N) is 4. The van der Waals surface area contributed by atoms with Crippen LogP contribution in [0.5, 0.6) is 0 Å². The molecule has 5 rings (SSSR count). The number of likely N-dealkylation sites (tertiary alicyclic amines) is 1. The topological polar surface area (TPSA) is 80.2 Å². The number of thioether (sulfide) groups is 1. The molecule has 3 N–H and O–H groups in total. The first-order chi connectivity index (χ1) is 14.6. The fourth-order valence-electron chi connectivity index (χ4n) is 4.29. The predicted molar refractivity (Wildman–Crippen MR) is 123 cm³/mol. The number of para-hydroxylation sites is 1. The van der Waals surface area contributed by atoms with E-state index in [1.54, 1.807) is 11.8 Å². The highest BCUT2D eigenvalue weighted by molar-refractivity contribution is 7.98. The third-order valence-electron chi connectivity index (χ3n) is 5.78. The number of fused-ring (bicyclic) bond motifs is 3. The fourth-order valence-corrected chi connectivity index (χ4v) is 4.85. The van der Waals surface area contributed by atoms with E-state index in [1.165, 1.54) is 11.1 Å². The van der Waals surface area contributed by atoms with Gasteiger partial charge in [0, 0.05) is 25.0 Å². The summed E-state index contributed by atoms with van der Waals surface area (Å²) < 4.78 is 2.24. The lowest BCUT2D eigenvalue weighted by Crippen LogP contribution is -2.21. The number of rotatable bonds is 5. The van der Waals surface area contributed by atoms with E-state index in [0.29, 0.717) is 5.82 Å². The molecule has 0 unspecified atom stereocenters. The number of nitrogen functional groups attached to an aromatic ring is 1. The number of pyridine rings is 1. The van der Waals surface area contributed by atoms with Crippen LogP contribution in [0.1, 0.15) is 17.5 Å². The van der Waals surface area contributed by atoms with Crippen molar-refractivity contribution in [2.45, 2.75) is 30.8 Å². The molecule has 6 nitrogen and oxygen atoms in total. The van der Waals surface area contributed by atoms with Crippen molar-refractivity contribution in [3.05, 3.63) is 59.7 Å². The minimum Gasteiger partial charge on any atom is -0.392 e. The van der Waals surface area contributed by atoms with Gasteiger partial charge >= 0.3 is 0 Å². The molecule has 4 aromatic rings. The molecule has 1 fully saturated rings. The summed E-state index contributed by atoms with van der Waals surface area (Å²) in [5, 5.41) is 11.7. The van der Waals surface area contributed by atoms with Crippen LogP contribution in [0.4, 0.5) is 5.82 Å². The zero-order valence-corrected chi connectivity index (χ0v) is 17.8. The molecule has 1 atom stereocenters. The number of anilines is 1. The summed E-state index contributed by atoms with van der Waals surface area (Å²) in [6, 6.07) is 16.8. The van der Waals surface area contributed by atoms with Gasteiger partial charge in [0.25, 0.3) is 0 Å². The molecule has 1 aliphatic heterocycles. The highest BCUT2D eigenvalue weighted by Gasteiger charge is 2.20. The number of nitrogens with two attached hydrogens (primary N) is 1. The minimum absolute atomic E-state index is 0.180. The summed E-state index contributed by atoms with van der Waals surface area (Å²) >= 11 is 1.62. The van der Waals surface area contributed by atoms with E-state index in [0.717, 1.165) is 59.7 Å². The summed E-state index contributed by atoms with van der Waals surface area (Å²) in [5.41, 5.74) is 11.4. The normalized spacial score (nSPS) is 17.3. The van der Waals surface area contributed by atoms with Gasteiger partial charge in [0.2, 0.25) is 0 Å². The van der Waals surface area contributed by atoms with Crippen molar-refractivity contribution in [3.8, 4) is 0 Å². The summed E-state index contributed by atoms with van der Waals surface area (Å²) in [4.78, 5) is 11.6. The van der Waals surface area contributed by atoms with Gasteiger partial charge in [0.05, 0.1) is 23.7 Å². The van der Waals surface area contributed by atoms with E-state index >= 15 is 0 Å². The summed E-state index contributed by atoms with van der Waals surface area (Å²) in [7, 11) is 0. The summed E-state index contributed by atoms with van der Waals surface area (Å²) in [6.45, 7) is 3.34. The molecule has 1 saturated heterocycles. The lowest BCUT2D eigenvalue weighted by molar-refractivity contribution is 0.175. The molecule has 0 amide bonds. The molecule has 1 aliphatic rings. The molecule has 154 valence electrons. The zero-order chi connectivity index (χ0) is 20.7. The second kappa shape index (κ2) is 7.91. The number of β-amino-alcohol motifs (C(OH)–C–C–N with tert-alkyl or cyclic N) is 1. The maximum atomic E-state index is 9.73. The van der Waals surface area contributed by atoms with Gasteiger partial charge in [-0.1, -0.05) is 54.2 Å². The van der Waals surface area contributed by atoms with Gasteiger partial charge in [-0.2, -0.15) is 0 Å². The van der Waals surface area contributed by atoms with Crippen LogP contribution >= 0.6 is 11.8 Å². The van der Waals surface area contributed by atoms with Crippen molar-refractivity contribution in [1.82, 2.24) is 19.4 Å². The number of hydrogen-bond acceptors (Lipinski definition) is 6. The first-order valence-electron chi connectivity index (χ1n) is 10.2. The number of aromatic nitrogens is 3. The van der Waals surface area contributed by atoms with Crippen molar-refractivity contribution >= 4 is 39.5 Å². The van der Waals surface area contributed by atoms with E-state index in [-0.39, 0.29) is 6.10 Å². The predicted octanol–water partition coefficient (Wildman–Crippen LogP) is 3.50. The van der Waals surface area contributed by atoms with Gasteiger partial charge in [-0.25, -0.2) is 9.97 Å². The number of aliphatic hydroxyl groups excluding tert-OH is 1. The highest BCUT2D eigenvalue weighted by Crippen LogP contribution is 2.32. The van der Waals surface area contributed by atoms with Crippen molar-refractivity contribution in [2.75, 3.05) is 25.1 Å². The maximum Gasteiger partial charge on any atom is 0.169 e. The average Bonchev–Trinajstić information content (AvgIpc) is 3.33. The molecule has 2 aromatic heterocycles. The number of benzene rings is 2. The average molecular weight is 420 g/mol. The number of hydrogen-bond donors (Lipinski definition) is 2. The molecule has 2 aromatic carbocycles. The second-order valence-corrected chi connectivity index (χ2v) is 8.66. The Balaban J connectivity index is 1.49. The second-order valence-electron chi connectivity index (χ2n) is 7.89. The van der Waals surface area contributed by atoms with E-state index in [1.807, 2.05) is 24.5 Å². The molecule has 0 spiro atoms. The Morgan fingerprint density at radius 1 is 1.07 bits per heavy atom. The van der Waals surface area contributed by atoms with E-state index in [2.05, 4.69) is 44.8 Å². The van der Waals surface area contributed by atoms with Gasteiger partial charge in [-0.3, -0.25) is 4.90 Å². The van der Waals surface area contributed by atoms with Crippen LogP contribution in [0.25, 0.3) is 21.9 Å². The smallest absolute Gasteiger partial charge is 0.169 e. The fraction of sp³-hybridized carbons (Fsp3) is 0.304. The molecule has 30 heavy (non-hydrogen) atoms. The van der Waals surface area contributed by atoms with E-state index in [9.17, 15) is 5.11 Å². The summed E-state index contributed by atoms with van der Waals surface area (Å²) in [6.07, 6.45) is 2.73. The third-order valence-corrected chi connectivity index (χ3v) is 6.45. The van der Waals surface area contributed by atoms with Crippen LogP contribution in [0.2, 0.25) is 0 Å². The Kier molecular flexibility index (Phi) is 5.10. The maximum absolute atomic E-state index is 9.73. The lowest BCUT2D eigenvalue weighted by atomic mass is 10.1. The van der Waals surface area contributed by atoms with Crippen LogP contribution < -0.4 is 5.73 Å². The first kappa shape index (κ1) is 19.4. The molecular formula is C23H25N5OS. The molecule has 0 bridgehead atoms. The molecule has 0 radical (unpaired) electrons. The Bertz CT molecular complexity index is 1200. The monoisotopic (exact) mass is 419 g/mol. The molecular weight excluding hydrogens is 394 g/mol. The van der Waals surface area contributed by atoms with Crippen LogP contribution in [0, 0.1) is 0 Å². The van der Waals surface area contributed by atoms with Gasteiger partial charge in [-0.05, 0) is 29.9 Å². The van der Waals surface area contributed by atoms with Crippen LogP contribution in [0.3, 0.4) is 0 Å². The molecule has 0 saturated carbocycles. The number of aliphatic hydroxyl groups is 1. The molecule has 7 heteroatoms. The number of imidazole rings is 1. The Morgan fingerprint density at radius 3 is 2.50 bits per heavy atom. The van der Waals surface area contributed by atoms with E-state index < -0.39 is 0 Å². The first-order valence-corrected chi connectivity index (χ1v) is 11.4. The van der Waals surface area contributed by atoms with Crippen LogP contribution in [-0.4, -0.2) is 50.0 Å². The Hall–Kier alpha value is -2.61. The van der Waals surface area contributed by atoms with Crippen LogP contribution in [0.15, 0.2) is 53.7 Å². The van der Waals surface area contributed by atoms with Gasteiger partial charge in [0.15, 0.2) is 11.0 Å². The van der Waals surface area contributed by atoms with Crippen LogP contribution in [-0.2, 0) is 13.1 Å². The lowest BCUT2D eigenvalue weighted by Gasteiger charge is -2.15. The minimum atomic E-state index is -0.180. The Labute approximate surface area is 179 Å². The quantitative estimate of drug-likeness (QED) is 0.482. The molecule has 0 aliphatic carbocycles. The van der Waals surface area contributed by atoms with Gasteiger partial charge in [-0.15, -0.1) is 0 Å². The largest absolute Gasteiger partial charge is 0.392 e. The van der Waals surface area contributed by atoms with Gasteiger partial charge < -0.3 is 15.4 Å². The third kappa shape index (κ3) is 3.53. The SMILES string of the molecule is CSc1nc2c(N)nc3ccccc3c2n1Cc1ccc(CN2CC[C@@H](O)C2)cc1. The Morgan fingerprint density at radius 2 is 1.80 bits per heavy atom. The van der Waals surface area contributed by atoms with Crippen molar-refractivity contribution in [1.29, 1.82) is 0 Å². The zero-order valence-electron chi connectivity index (χ0n) is 17.0. The molecule has 3 heterocycles. The standard InChI is InChI=1S/C23H25N5OS/c1-30-23-26-20-21(18-4-2-3-5-19(18)25-22(20)24)28(23)13-16-8-6-15(7-9-16)12-27-11-10-17(29)14-27/h2-9,17,29H,10-14H2,1H3,(H2,24,25)/t17-/m1/s1. The summed E-state index contributed by atoms with van der Waals surface area (Å²) in [5.74, 6) is 0.473. The van der Waals surface area contributed by atoms with E-state index in [4.69, 9.17) is 10.7 Å². The van der Waals surface area contributed by atoms with Crippen molar-refractivity contribution in [3.63, 3.8) is 0 Å². The highest BCUT2D eigenvalue weighted by atomic mass is 32.2. The van der Waals surface area contributed by atoms with Crippen molar-refractivity contribution in [2.24, 2.45) is 0 Å². The van der Waals surface area contributed by atoms with Crippen molar-refractivity contribution < 1.29 is 5.11 Å². The van der Waals surface area contributed by atoms with Gasteiger partial charge in [0.1, 0.15) is 5.52 Å².